The zero-order valence-electron chi connectivity index (χ0n) is 14.9. The molecule has 0 spiro atoms. The molecular weight excluding hydrogens is 298 g/mol. The topological polar surface area (TPSA) is 49.3 Å². The summed E-state index contributed by atoms with van der Waals surface area (Å²) < 4.78 is 0. The van der Waals surface area contributed by atoms with Crippen molar-refractivity contribution >= 4 is 11.7 Å². The van der Waals surface area contributed by atoms with Gasteiger partial charge in [0.1, 0.15) is 0 Å². The molecule has 1 saturated carbocycles. The molecule has 0 bridgehead atoms. The number of carbonyl (C=O) groups is 1. The molecule has 0 atom stereocenters. The van der Waals surface area contributed by atoms with Gasteiger partial charge in [-0.05, 0) is 36.6 Å². The highest BCUT2D eigenvalue weighted by Gasteiger charge is 2.13. The smallest absolute Gasteiger partial charge is 0.335 e. The molecule has 0 radical (unpaired) electrons. The molecule has 1 aromatic rings. The van der Waals surface area contributed by atoms with Gasteiger partial charge in [0.2, 0.25) is 0 Å². The highest BCUT2D eigenvalue weighted by Crippen LogP contribution is 2.29. The Morgan fingerprint density at radius 1 is 0.917 bits per heavy atom. The number of nitrogens with one attached hydrogen (secondary N) is 1. The molecule has 1 aromatic carbocycles. The van der Waals surface area contributed by atoms with Crippen molar-refractivity contribution in [2.24, 2.45) is 5.92 Å². The van der Waals surface area contributed by atoms with Crippen molar-refractivity contribution in [3.05, 3.63) is 29.8 Å². The molecule has 2 rings (SSSR count). The van der Waals surface area contributed by atoms with Crippen molar-refractivity contribution in [2.45, 2.75) is 77.0 Å². The molecule has 0 heterocycles. The monoisotopic (exact) mass is 331 g/mol. The molecule has 1 aliphatic carbocycles. The first-order valence-corrected chi connectivity index (χ1v) is 9.83. The molecule has 1 aliphatic rings. The predicted octanol–water partition coefficient (Wildman–Crippen LogP) is 6.11. The van der Waals surface area contributed by atoms with Crippen LogP contribution in [-0.2, 0) is 0 Å². The minimum atomic E-state index is -0.871. The number of aromatic carboxylic acids is 1. The van der Waals surface area contributed by atoms with Crippen molar-refractivity contribution in [1.82, 2.24) is 0 Å². The summed E-state index contributed by atoms with van der Waals surface area (Å²) in [7, 11) is 0. The molecule has 1 fully saturated rings. The van der Waals surface area contributed by atoms with Crippen molar-refractivity contribution in [1.29, 1.82) is 0 Å². The maximum Gasteiger partial charge on any atom is 0.335 e. The molecule has 0 aromatic heterocycles. The van der Waals surface area contributed by atoms with E-state index >= 15 is 0 Å². The summed E-state index contributed by atoms with van der Waals surface area (Å²) >= 11 is 0. The van der Waals surface area contributed by atoms with Crippen LogP contribution in [0.4, 0.5) is 5.69 Å². The van der Waals surface area contributed by atoms with Crippen LogP contribution in [0, 0.1) is 5.92 Å². The fourth-order valence-electron chi connectivity index (χ4n) is 3.70. The van der Waals surface area contributed by atoms with E-state index in [1.807, 2.05) is 12.1 Å². The molecule has 2 N–H and O–H groups in total. The average Bonchev–Trinajstić information content (AvgIpc) is 3.10. The highest BCUT2D eigenvalue weighted by molar-refractivity contribution is 5.87. The maximum atomic E-state index is 10.8. The van der Waals surface area contributed by atoms with E-state index in [9.17, 15) is 4.79 Å². The van der Waals surface area contributed by atoms with E-state index in [0.29, 0.717) is 5.56 Å². The number of hydrogen-bond acceptors (Lipinski definition) is 2. The lowest BCUT2D eigenvalue weighted by atomic mass is 9.99. The molecular formula is C21H33NO2. The minimum Gasteiger partial charge on any atom is -0.478 e. The summed E-state index contributed by atoms with van der Waals surface area (Å²) in [4.78, 5) is 10.8. The molecule has 0 amide bonds. The summed E-state index contributed by atoms with van der Waals surface area (Å²) in [6.07, 6.45) is 16.8. The number of unbranched alkanes of at least 4 members (excludes halogenated alkanes) is 6. The Bertz CT molecular complexity index is 463. The van der Waals surface area contributed by atoms with Gasteiger partial charge in [-0.1, -0.05) is 70.6 Å². The van der Waals surface area contributed by atoms with Gasteiger partial charge in [0.05, 0.1) is 5.56 Å². The van der Waals surface area contributed by atoms with Crippen LogP contribution in [0.25, 0.3) is 0 Å². The Morgan fingerprint density at radius 2 is 1.50 bits per heavy atom. The third-order valence-corrected chi connectivity index (χ3v) is 5.22. The van der Waals surface area contributed by atoms with Crippen LogP contribution in [0.2, 0.25) is 0 Å². The third kappa shape index (κ3) is 7.37. The molecule has 0 aliphatic heterocycles. The summed E-state index contributed by atoms with van der Waals surface area (Å²) in [5.41, 5.74) is 1.35. The molecule has 3 nitrogen and oxygen atoms in total. The fourth-order valence-corrected chi connectivity index (χ4v) is 3.70. The van der Waals surface area contributed by atoms with E-state index in [4.69, 9.17) is 5.11 Å². The lowest BCUT2D eigenvalue weighted by Gasteiger charge is -2.08. The molecule has 24 heavy (non-hydrogen) atoms. The molecule has 134 valence electrons. The van der Waals surface area contributed by atoms with E-state index in [2.05, 4.69) is 5.32 Å². The van der Waals surface area contributed by atoms with Gasteiger partial charge in [-0.3, -0.25) is 0 Å². The van der Waals surface area contributed by atoms with Crippen LogP contribution in [-0.4, -0.2) is 17.6 Å². The SMILES string of the molecule is O=C(O)c1ccc(NCCCCCCCCCC2CCCC2)cc1. The summed E-state index contributed by atoms with van der Waals surface area (Å²) in [5, 5.41) is 12.2. The van der Waals surface area contributed by atoms with Gasteiger partial charge in [0, 0.05) is 12.2 Å². The zero-order chi connectivity index (χ0) is 17.0. The van der Waals surface area contributed by atoms with Crippen LogP contribution in [0.3, 0.4) is 0 Å². The van der Waals surface area contributed by atoms with E-state index in [1.54, 1.807) is 12.1 Å². The maximum absolute atomic E-state index is 10.8. The number of hydrogen-bond donors (Lipinski definition) is 2. The van der Waals surface area contributed by atoms with Crippen LogP contribution in [0.5, 0.6) is 0 Å². The first kappa shape index (κ1) is 18.8. The lowest BCUT2D eigenvalue weighted by molar-refractivity contribution is 0.0697. The largest absolute Gasteiger partial charge is 0.478 e. The van der Waals surface area contributed by atoms with Gasteiger partial charge in [-0.15, -0.1) is 0 Å². The number of benzene rings is 1. The Morgan fingerprint density at radius 3 is 2.12 bits per heavy atom. The van der Waals surface area contributed by atoms with Crippen molar-refractivity contribution in [3.8, 4) is 0 Å². The Kier molecular flexibility index (Phi) is 8.72. The van der Waals surface area contributed by atoms with Crippen LogP contribution >= 0.6 is 0 Å². The quantitative estimate of drug-likeness (QED) is 0.454. The van der Waals surface area contributed by atoms with Crippen LogP contribution in [0.1, 0.15) is 87.4 Å². The van der Waals surface area contributed by atoms with Crippen molar-refractivity contribution in [3.63, 3.8) is 0 Å². The van der Waals surface area contributed by atoms with Crippen molar-refractivity contribution in [2.75, 3.05) is 11.9 Å². The van der Waals surface area contributed by atoms with Crippen LogP contribution < -0.4 is 5.32 Å². The second-order valence-electron chi connectivity index (χ2n) is 7.22. The fraction of sp³-hybridized carbons (Fsp3) is 0.667. The van der Waals surface area contributed by atoms with Gasteiger partial charge in [0.15, 0.2) is 0 Å². The highest BCUT2D eigenvalue weighted by atomic mass is 16.4. The normalized spacial score (nSPS) is 14.8. The number of anilines is 1. The molecule has 3 heteroatoms. The minimum absolute atomic E-state index is 0.341. The first-order valence-electron chi connectivity index (χ1n) is 9.83. The molecule has 0 unspecified atom stereocenters. The van der Waals surface area contributed by atoms with Gasteiger partial charge < -0.3 is 10.4 Å². The van der Waals surface area contributed by atoms with Gasteiger partial charge in [0.25, 0.3) is 0 Å². The average molecular weight is 332 g/mol. The first-order chi connectivity index (χ1) is 11.8. The Balaban J connectivity index is 1.39. The van der Waals surface area contributed by atoms with E-state index in [-0.39, 0.29) is 0 Å². The second-order valence-corrected chi connectivity index (χ2v) is 7.22. The van der Waals surface area contributed by atoms with E-state index < -0.39 is 5.97 Å². The predicted molar refractivity (Wildman–Crippen MR) is 101 cm³/mol. The number of carboxylic acids is 1. The standard InChI is InChI=1S/C21H33NO2/c23-21(24)19-13-15-20(16-14-19)22-17-9-5-3-1-2-4-6-10-18-11-7-8-12-18/h13-16,18,22H,1-12,17H2,(H,23,24). The van der Waals surface area contributed by atoms with Gasteiger partial charge >= 0.3 is 5.97 Å². The number of carboxylic acid groups (broad SMARTS) is 1. The van der Waals surface area contributed by atoms with Gasteiger partial charge in [-0.2, -0.15) is 0 Å². The zero-order valence-corrected chi connectivity index (χ0v) is 14.9. The number of rotatable bonds is 12. The Hall–Kier alpha value is -1.51. The van der Waals surface area contributed by atoms with E-state index in [0.717, 1.165) is 18.2 Å². The van der Waals surface area contributed by atoms with Crippen LogP contribution in [0.15, 0.2) is 24.3 Å². The lowest BCUT2D eigenvalue weighted by Crippen LogP contribution is -2.02. The Labute approximate surface area is 146 Å². The summed E-state index contributed by atoms with van der Waals surface area (Å²) in [6, 6.07) is 6.98. The second kappa shape index (κ2) is 11.1. The summed E-state index contributed by atoms with van der Waals surface area (Å²) in [5.74, 6) is 0.186. The van der Waals surface area contributed by atoms with E-state index in [1.165, 1.54) is 77.0 Å². The third-order valence-electron chi connectivity index (χ3n) is 5.22. The summed E-state index contributed by atoms with van der Waals surface area (Å²) in [6.45, 7) is 0.966. The van der Waals surface area contributed by atoms with Gasteiger partial charge in [-0.25, -0.2) is 4.79 Å². The molecule has 0 saturated heterocycles. The van der Waals surface area contributed by atoms with Crippen molar-refractivity contribution < 1.29 is 9.90 Å².